The van der Waals surface area contributed by atoms with Crippen molar-refractivity contribution in [1.29, 1.82) is 0 Å². The molecule has 0 radical (unpaired) electrons. The van der Waals surface area contributed by atoms with Crippen LogP contribution in [0.3, 0.4) is 0 Å². The first-order chi connectivity index (χ1) is 8.08. The van der Waals surface area contributed by atoms with Crippen molar-refractivity contribution in [3.05, 3.63) is 21.4 Å². The number of carbonyl (C=O) groups is 1. The molecular weight excluding hydrogens is 232 g/mol. The van der Waals surface area contributed by atoms with Crippen LogP contribution in [0.4, 0.5) is 0 Å². The highest BCUT2D eigenvalue weighted by Gasteiger charge is 2.23. The number of rotatable bonds is 3. The van der Waals surface area contributed by atoms with Crippen molar-refractivity contribution >= 4 is 17.2 Å². The summed E-state index contributed by atoms with van der Waals surface area (Å²) in [7, 11) is 0. The number of thiophene rings is 1. The Labute approximate surface area is 107 Å². The van der Waals surface area contributed by atoms with E-state index in [9.17, 15) is 4.79 Å². The molecule has 1 aliphatic heterocycles. The van der Waals surface area contributed by atoms with Crippen molar-refractivity contribution in [3.63, 3.8) is 0 Å². The van der Waals surface area contributed by atoms with Gasteiger partial charge in [0.2, 0.25) is 5.91 Å². The summed E-state index contributed by atoms with van der Waals surface area (Å²) in [5.74, 6) is 0.137. The lowest BCUT2D eigenvalue weighted by Gasteiger charge is -2.17. The van der Waals surface area contributed by atoms with Crippen LogP contribution in [0.15, 0.2) is 6.07 Å². The molecule has 0 aliphatic carbocycles. The topological polar surface area (TPSA) is 41.1 Å². The van der Waals surface area contributed by atoms with Gasteiger partial charge >= 0.3 is 0 Å². The number of nitrogens with one attached hydrogen (secondary N) is 2. The Morgan fingerprint density at radius 1 is 1.59 bits per heavy atom. The summed E-state index contributed by atoms with van der Waals surface area (Å²) in [5, 5.41) is 6.32. The Balaban J connectivity index is 1.98. The molecule has 1 amide bonds. The van der Waals surface area contributed by atoms with Gasteiger partial charge < -0.3 is 10.6 Å². The van der Waals surface area contributed by atoms with Crippen LogP contribution in [0.5, 0.6) is 0 Å². The lowest BCUT2D eigenvalue weighted by Crippen LogP contribution is -2.41. The molecule has 1 aliphatic rings. The lowest BCUT2D eigenvalue weighted by molar-refractivity contribution is -0.123. The summed E-state index contributed by atoms with van der Waals surface area (Å²) in [6.07, 6.45) is 2.06. The predicted molar refractivity (Wildman–Crippen MR) is 71.4 cm³/mol. The van der Waals surface area contributed by atoms with Crippen LogP contribution >= 0.6 is 11.3 Å². The van der Waals surface area contributed by atoms with Gasteiger partial charge in [-0.05, 0) is 51.8 Å². The molecule has 4 heteroatoms. The largest absolute Gasteiger partial charge is 0.348 e. The fraction of sp³-hybridized carbons (Fsp3) is 0.615. The van der Waals surface area contributed by atoms with E-state index in [0.29, 0.717) is 0 Å². The van der Waals surface area contributed by atoms with Gasteiger partial charge in [0.25, 0.3) is 0 Å². The monoisotopic (exact) mass is 252 g/mol. The van der Waals surface area contributed by atoms with Crippen LogP contribution in [0, 0.1) is 13.8 Å². The summed E-state index contributed by atoms with van der Waals surface area (Å²) < 4.78 is 0. The predicted octanol–water partition coefficient (Wildman–Crippen LogP) is 2.29. The first kappa shape index (κ1) is 12.6. The smallest absolute Gasteiger partial charge is 0.237 e. The summed E-state index contributed by atoms with van der Waals surface area (Å²) in [6, 6.07) is 2.29. The molecule has 0 saturated carbocycles. The third kappa shape index (κ3) is 2.87. The van der Waals surface area contributed by atoms with Gasteiger partial charge in [0, 0.05) is 9.75 Å². The minimum absolute atomic E-state index is 0.0116. The van der Waals surface area contributed by atoms with Crippen molar-refractivity contribution in [3.8, 4) is 0 Å². The molecule has 0 bridgehead atoms. The maximum absolute atomic E-state index is 12.0. The van der Waals surface area contributed by atoms with Crippen molar-refractivity contribution in [2.24, 2.45) is 0 Å². The average molecular weight is 252 g/mol. The van der Waals surface area contributed by atoms with E-state index in [1.165, 1.54) is 15.3 Å². The first-order valence-electron chi connectivity index (χ1n) is 6.18. The van der Waals surface area contributed by atoms with Crippen LogP contribution in [-0.2, 0) is 4.79 Å². The third-order valence-electron chi connectivity index (χ3n) is 3.28. The van der Waals surface area contributed by atoms with Crippen LogP contribution < -0.4 is 10.6 Å². The van der Waals surface area contributed by atoms with E-state index in [1.54, 1.807) is 11.3 Å². The molecule has 0 aromatic carbocycles. The molecule has 17 heavy (non-hydrogen) atoms. The Bertz CT molecular complexity index is 408. The summed E-state index contributed by atoms with van der Waals surface area (Å²) in [4.78, 5) is 14.6. The van der Waals surface area contributed by atoms with E-state index >= 15 is 0 Å². The second kappa shape index (κ2) is 5.19. The van der Waals surface area contributed by atoms with Crippen LogP contribution in [0.2, 0.25) is 0 Å². The van der Waals surface area contributed by atoms with E-state index in [1.807, 2.05) is 0 Å². The van der Waals surface area contributed by atoms with Gasteiger partial charge in [-0.1, -0.05) is 0 Å². The van der Waals surface area contributed by atoms with Gasteiger partial charge in [-0.25, -0.2) is 0 Å². The molecule has 0 spiro atoms. The van der Waals surface area contributed by atoms with Gasteiger partial charge in [0.15, 0.2) is 0 Å². The maximum Gasteiger partial charge on any atom is 0.237 e. The Morgan fingerprint density at radius 2 is 2.35 bits per heavy atom. The fourth-order valence-electron chi connectivity index (χ4n) is 2.38. The van der Waals surface area contributed by atoms with E-state index in [4.69, 9.17) is 0 Å². The highest BCUT2D eigenvalue weighted by molar-refractivity contribution is 7.12. The van der Waals surface area contributed by atoms with E-state index in [0.717, 1.165) is 19.4 Å². The highest BCUT2D eigenvalue weighted by Crippen LogP contribution is 2.26. The van der Waals surface area contributed by atoms with Crippen molar-refractivity contribution in [2.45, 2.75) is 45.7 Å². The fourth-order valence-corrected chi connectivity index (χ4v) is 3.40. The standard InChI is InChI=1S/C13H20N2OS/c1-8-7-11(10(3)17-8)9(2)15-13(16)12-5-4-6-14-12/h7,9,12,14H,4-6H2,1-3H3,(H,15,16)/t9?,12-/m0/s1. The first-order valence-corrected chi connectivity index (χ1v) is 7.00. The molecule has 1 unspecified atom stereocenters. The molecular formula is C13H20N2OS. The van der Waals surface area contributed by atoms with Crippen molar-refractivity contribution in [1.82, 2.24) is 10.6 Å². The van der Waals surface area contributed by atoms with Crippen molar-refractivity contribution < 1.29 is 4.79 Å². The molecule has 2 heterocycles. The van der Waals surface area contributed by atoms with Gasteiger partial charge in [-0.2, -0.15) is 0 Å². The van der Waals surface area contributed by atoms with Gasteiger partial charge in [-0.15, -0.1) is 11.3 Å². The highest BCUT2D eigenvalue weighted by atomic mass is 32.1. The lowest BCUT2D eigenvalue weighted by atomic mass is 10.1. The molecule has 1 fully saturated rings. The Kier molecular flexibility index (Phi) is 3.84. The number of aryl methyl sites for hydroxylation is 2. The molecule has 3 nitrogen and oxygen atoms in total. The minimum Gasteiger partial charge on any atom is -0.348 e. The summed E-state index contributed by atoms with van der Waals surface area (Å²) in [5.41, 5.74) is 1.25. The van der Waals surface area contributed by atoms with Gasteiger partial charge in [0.05, 0.1) is 12.1 Å². The second-order valence-electron chi connectivity index (χ2n) is 4.75. The number of hydrogen-bond acceptors (Lipinski definition) is 3. The summed E-state index contributed by atoms with van der Waals surface area (Å²) >= 11 is 1.79. The Hall–Kier alpha value is -0.870. The third-order valence-corrected chi connectivity index (χ3v) is 4.26. The van der Waals surface area contributed by atoms with Gasteiger partial charge in [0.1, 0.15) is 0 Å². The van der Waals surface area contributed by atoms with E-state index < -0.39 is 0 Å². The zero-order chi connectivity index (χ0) is 12.4. The number of hydrogen-bond donors (Lipinski definition) is 2. The zero-order valence-electron chi connectivity index (χ0n) is 10.7. The molecule has 1 aromatic heterocycles. The summed E-state index contributed by atoms with van der Waals surface area (Å²) in [6.45, 7) is 7.24. The molecule has 1 saturated heterocycles. The molecule has 2 N–H and O–H groups in total. The molecule has 1 aromatic rings. The van der Waals surface area contributed by atoms with Crippen LogP contribution in [0.25, 0.3) is 0 Å². The number of amides is 1. The van der Waals surface area contributed by atoms with E-state index in [-0.39, 0.29) is 18.0 Å². The van der Waals surface area contributed by atoms with Crippen LogP contribution in [0.1, 0.15) is 41.1 Å². The minimum atomic E-state index is 0.0116. The van der Waals surface area contributed by atoms with Crippen LogP contribution in [-0.4, -0.2) is 18.5 Å². The average Bonchev–Trinajstić information content (AvgIpc) is 2.87. The molecule has 2 atom stereocenters. The second-order valence-corrected chi connectivity index (χ2v) is 6.21. The van der Waals surface area contributed by atoms with Gasteiger partial charge in [-0.3, -0.25) is 4.79 Å². The normalized spacial score (nSPS) is 21.5. The quantitative estimate of drug-likeness (QED) is 0.866. The zero-order valence-corrected chi connectivity index (χ0v) is 11.5. The van der Waals surface area contributed by atoms with E-state index in [2.05, 4.69) is 37.5 Å². The number of carbonyl (C=O) groups excluding carboxylic acids is 1. The molecule has 94 valence electrons. The Morgan fingerprint density at radius 3 is 2.88 bits per heavy atom. The maximum atomic E-state index is 12.0. The molecule has 2 rings (SSSR count). The van der Waals surface area contributed by atoms with Crippen molar-refractivity contribution in [2.75, 3.05) is 6.54 Å². The SMILES string of the molecule is Cc1cc(C(C)NC(=O)[C@@H]2CCCN2)c(C)s1.